The van der Waals surface area contributed by atoms with Crippen LogP contribution in [0.2, 0.25) is 0 Å². The Morgan fingerprint density at radius 3 is 2.58 bits per heavy atom. The summed E-state index contributed by atoms with van der Waals surface area (Å²) in [5.74, 6) is 1.15. The molecule has 4 aromatic carbocycles. The van der Waals surface area contributed by atoms with Gasteiger partial charge in [-0.3, -0.25) is 14.6 Å². The van der Waals surface area contributed by atoms with E-state index in [2.05, 4.69) is 45.9 Å². The lowest BCUT2D eigenvalue weighted by Gasteiger charge is -2.25. The van der Waals surface area contributed by atoms with Gasteiger partial charge >= 0.3 is 0 Å². The maximum atomic E-state index is 13.4. The highest BCUT2D eigenvalue weighted by molar-refractivity contribution is 6.07. The first kappa shape index (κ1) is 32.7. The maximum absolute atomic E-state index is 13.4. The van der Waals surface area contributed by atoms with Gasteiger partial charge in [-0.1, -0.05) is 67.8 Å². The first-order valence-corrected chi connectivity index (χ1v) is 16.7. The van der Waals surface area contributed by atoms with Gasteiger partial charge in [0.15, 0.2) is 0 Å². The van der Waals surface area contributed by atoms with E-state index >= 15 is 0 Å². The minimum Gasteiger partial charge on any atom is -0.497 e. The Bertz CT molecular complexity index is 1920. The number of aldehydes is 1. The first-order chi connectivity index (χ1) is 23.5. The van der Waals surface area contributed by atoms with Crippen LogP contribution in [-0.2, 0) is 16.0 Å². The van der Waals surface area contributed by atoms with Gasteiger partial charge in [-0.05, 0) is 71.5 Å². The van der Waals surface area contributed by atoms with Gasteiger partial charge in [-0.25, -0.2) is 0 Å². The molecule has 6 rings (SSSR count). The lowest BCUT2D eigenvalue weighted by molar-refractivity contribution is -0.126. The monoisotopic (exact) mass is 643 g/mol. The number of nitrogens with one attached hydrogen (secondary N) is 2. The third-order valence-corrected chi connectivity index (χ3v) is 9.17. The molecule has 1 aliphatic carbocycles. The molecule has 0 radical (unpaired) electrons. The van der Waals surface area contributed by atoms with E-state index in [4.69, 9.17) is 9.47 Å². The van der Waals surface area contributed by atoms with Crippen molar-refractivity contribution in [1.29, 1.82) is 0 Å². The van der Waals surface area contributed by atoms with Crippen LogP contribution in [0.3, 0.4) is 0 Å². The van der Waals surface area contributed by atoms with Crippen LogP contribution in [0.25, 0.3) is 32.8 Å². The van der Waals surface area contributed by atoms with Crippen molar-refractivity contribution in [3.63, 3.8) is 0 Å². The molecule has 2 N–H and O–H groups in total. The van der Waals surface area contributed by atoms with E-state index < -0.39 is 0 Å². The van der Waals surface area contributed by atoms with Crippen molar-refractivity contribution in [2.45, 2.75) is 51.0 Å². The smallest absolute Gasteiger partial charge is 0.252 e. The molecule has 1 fully saturated rings. The third kappa shape index (κ3) is 7.82. The average Bonchev–Trinajstić information content (AvgIpc) is 3.13. The Balaban J connectivity index is 1.24. The van der Waals surface area contributed by atoms with E-state index in [9.17, 15) is 14.4 Å². The first-order valence-electron chi connectivity index (χ1n) is 16.7. The zero-order valence-electron chi connectivity index (χ0n) is 27.2. The third-order valence-electron chi connectivity index (χ3n) is 9.17. The number of carbonyl (C=O) groups excluding carboxylic acids is 3. The Hall–Kier alpha value is -5.24. The predicted molar refractivity (Wildman–Crippen MR) is 188 cm³/mol. The van der Waals surface area contributed by atoms with Gasteiger partial charge in [0.25, 0.3) is 5.91 Å². The normalized spacial score (nSPS) is 13.9. The van der Waals surface area contributed by atoms with Gasteiger partial charge in [-0.2, -0.15) is 0 Å². The fourth-order valence-electron chi connectivity index (χ4n) is 6.60. The molecule has 1 aliphatic rings. The van der Waals surface area contributed by atoms with E-state index in [1.165, 1.54) is 22.8 Å². The lowest BCUT2D eigenvalue weighted by Crippen LogP contribution is -2.41. The van der Waals surface area contributed by atoms with Crippen LogP contribution in [-0.4, -0.2) is 49.4 Å². The summed E-state index contributed by atoms with van der Waals surface area (Å²) in [6, 6.07) is 27.8. The van der Waals surface area contributed by atoms with Crippen molar-refractivity contribution in [2.24, 2.45) is 5.92 Å². The van der Waals surface area contributed by atoms with Crippen LogP contribution >= 0.6 is 0 Å². The average molecular weight is 644 g/mol. The number of benzene rings is 4. The number of hydrogen-bond donors (Lipinski definition) is 2. The predicted octanol–water partition coefficient (Wildman–Crippen LogP) is 7.07. The molecule has 0 saturated heterocycles. The summed E-state index contributed by atoms with van der Waals surface area (Å²) in [5.41, 5.74) is 3.94. The second-order valence-corrected chi connectivity index (χ2v) is 12.4. The molecule has 1 heterocycles. The molecule has 1 atom stereocenters. The molecule has 0 spiro atoms. The summed E-state index contributed by atoms with van der Waals surface area (Å²) in [6.45, 7) is 0.305. The van der Waals surface area contributed by atoms with Crippen LogP contribution in [0, 0.1) is 5.92 Å². The summed E-state index contributed by atoms with van der Waals surface area (Å²) in [5, 5.41) is 9.04. The molecule has 48 heavy (non-hydrogen) atoms. The van der Waals surface area contributed by atoms with Gasteiger partial charge in [0.1, 0.15) is 17.8 Å². The van der Waals surface area contributed by atoms with Crippen LogP contribution < -0.4 is 20.1 Å². The highest BCUT2D eigenvalue weighted by atomic mass is 16.5. The summed E-state index contributed by atoms with van der Waals surface area (Å²) >= 11 is 0. The molecule has 1 saturated carbocycles. The van der Waals surface area contributed by atoms with Gasteiger partial charge in [0.05, 0.1) is 31.3 Å². The Kier molecular flexibility index (Phi) is 10.6. The van der Waals surface area contributed by atoms with Gasteiger partial charge in [0.2, 0.25) is 5.91 Å². The van der Waals surface area contributed by atoms with E-state index in [0.29, 0.717) is 53.7 Å². The molecule has 8 heteroatoms. The number of methoxy groups -OCH3 is 1. The van der Waals surface area contributed by atoms with Gasteiger partial charge in [0, 0.05) is 41.6 Å². The molecular weight excluding hydrogens is 602 g/mol. The number of nitrogens with zero attached hydrogens (tertiary/aromatic N) is 1. The zero-order chi connectivity index (χ0) is 33.3. The van der Waals surface area contributed by atoms with Crippen molar-refractivity contribution in [1.82, 2.24) is 15.6 Å². The number of pyridine rings is 1. The Morgan fingerprint density at radius 1 is 0.938 bits per heavy atom. The van der Waals surface area contributed by atoms with Crippen molar-refractivity contribution in [3.05, 3.63) is 102 Å². The Labute approximate surface area is 280 Å². The number of ether oxygens (including phenoxy) is 2. The number of amides is 2. The number of fused-ring (bicyclic) bond motifs is 2. The summed E-state index contributed by atoms with van der Waals surface area (Å²) in [4.78, 5) is 41.5. The topological polar surface area (TPSA) is 107 Å². The van der Waals surface area contributed by atoms with Crippen LogP contribution in [0.15, 0.2) is 91.1 Å². The van der Waals surface area contributed by atoms with Crippen LogP contribution in [0.4, 0.5) is 0 Å². The SMILES string of the molecule is COc1ccc(-c2ccc3nccc(C(=O)NCC=O)c3c2)c(OCCC(Cc2ccc3ccccc3c2)NC(=O)C2CCCCC2)c1. The summed E-state index contributed by atoms with van der Waals surface area (Å²) in [6.07, 6.45) is 8.84. The van der Waals surface area contributed by atoms with E-state index in [1.54, 1.807) is 19.4 Å². The lowest BCUT2D eigenvalue weighted by atomic mass is 9.88. The maximum Gasteiger partial charge on any atom is 0.252 e. The van der Waals surface area contributed by atoms with Gasteiger partial charge < -0.3 is 24.9 Å². The fourth-order valence-corrected chi connectivity index (χ4v) is 6.60. The molecule has 5 aromatic rings. The van der Waals surface area contributed by atoms with Gasteiger partial charge in [-0.15, -0.1) is 0 Å². The number of rotatable bonds is 13. The van der Waals surface area contributed by atoms with Crippen LogP contribution in [0.1, 0.15) is 54.4 Å². The standard InChI is InChI=1S/C40H41N3O5/c1-47-33-14-15-34(31-13-16-37-36(25-31)35(17-19-41-37)40(46)42-20-21-44)38(26-33)48-22-18-32(43-39(45)29-8-3-2-4-9-29)24-27-11-12-28-7-5-6-10-30(28)23-27/h5-7,10-17,19,21,23,25-26,29,32H,2-4,8-9,18,20,22,24H2,1H3,(H,42,46)(H,43,45). The molecule has 1 unspecified atom stereocenters. The highest BCUT2D eigenvalue weighted by Gasteiger charge is 2.24. The second kappa shape index (κ2) is 15.6. The quantitative estimate of drug-likeness (QED) is 0.133. The van der Waals surface area contributed by atoms with Crippen molar-refractivity contribution in [3.8, 4) is 22.6 Å². The summed E-state index contributed by atoms with van der Waals surface area (Å²) in [7, 11) is 1.62. The largest absolute Gasteiger partial charge is 0.497 e. The van der Waals surface area contributed by atoms with E-state index in [-0.39, 0.29) is 30.3 Å². The zero-order valence-corrected chi connectivity index (χ0v) is 27.2. The summed E-state index contributed by atoms with van der Waals surface area (Å²) < 4.78 is 12.0. The van der Waals surface area contributed by atoms with Crippen molar-refractivity contribution < 1.29 is 23.9 Å². The second-order valence-electron chi connectivity index (χ2n) is 12.4. The van der Waals surface area contributed by atoms with E-state index in [1.807, 2.05) is 48.5 Å². The van der Waals surface area contributed by atoms with E-state index in [0.717, 1.165) is 36.8 Å². The molecule has 8 nitrogen and oxygen atoms in total. The molecule has 0 bridgehead atoms. The molecule has 2 amide bonds. The van der Waals surface area contributed by atoms with Crippen molar-refractivity contribution >= 4 is 39.8 Å². The minimum absolute atomic E-state index is 0.0663. The van der Waals surface area contributed by atoms with Crippen molar-refractivity contribution in [2.75, 3.05) is 20.3 Å². The van der Waals surface area contributed by atoms with Crippen LogP contribution in [0.5, 0.6) is 11.5 Å². The number of hydrogen-bond acceptors (Lipinski definition) is 6. The molecular formula is C40H41N3O5. The number of carbonyl (C=O) groups is 3. The minimum atomic E-state index is -0.342. The highest BCUT2D eigenvalue weighted by Crippen LogP contribution is 2.36. The molecule has 1 aromatic heterocycles. The number of aromatic nitrogens is 1. The molecule has 0 aliphatic heterocycles. The Morgan fingerprint density at radius 2 is 1.77 bits per heavy atom. The molecule has 246 valence electrons. The fraction of sp³-hybridized carbons (Fsp3) is 0.300.